The lowest BCUT2D eigenvalue weighted by Crippen LogP contribution is -2.03. The number of methoxy groups -OCH3 is 1. The summed E-state index contributed by atoms with van der Waals surface area (Å²) in [5.41, 5.74) is 6.69. The summed E-state index contributed by atoms with van der Waals surface area (Å²) in [6.45, 7) is 0.380. The summed E-state index contributed by atoms with van der Waals surface area (Å²) in [7, 11) is 1.35. The quantitative estimate of drug-likeness (QED) is 0.655. The molecule has 0 aromatic heterocycles. The van der Waals surface area contributed by atoms with Gasteiger partial charge < -0.3 is 10.5 Å². The first-order valence-electron chi connectivity index (χ1n) is 3.57. The lowest BCUT2D eigenvalue weighted by atomic mass is 10.1. The molecule has 3 nitrogen and oxygen atoms in total. The lowest BCUT2D eigenvalue weighted by molar-refractivity contribution is 0.0600. The minimum atomic E-state index is -0.348. The number of carbonyl (C=O) groups is 1. The van der Waals surface area contributed by atoms with E-state index in [4.69, 9.17) is 5.73 Å². The number of rotatable bonds is 2. The molecule has 0 bridgehead atoms. The highest BCUT2D eigenvalue weighted by molar-refractivity contribution is 5.89. The van der Waals surface area contributed by atoms with Gasteiger partial charge in [-0.1, -0.05) is 6.07 Å². The van der Waals surface area contributed by atoms with Gasteiger partial charge in [-0.15, -0.1) is 0 Å². The number of benzene rings is 1. The molecule has 1 radical (unpaired) electrons. The second-order valence-corrected chi connectivity index (χ2v) is 2.30. The number of nitrogens with two attached hydrogens (primary N) is 1. The average Bonchev–Trinajstić information content (AvgIpc) is 2.17. The van der Waals surface area contributed by atoms with Crippen LogP contribution in [0.5, 0.6) is 0 Å². The van der Waals surface area contributed by atoms with Crippen LogP contribution in [0, 0.1) is 6.07 Å². The lowest BCUT2D eigenvalue weighted by Gasteiger charge is -2.00. The predicted molar refractivity (Wildman–Crippen MR) is 44.5 cm³/mol. The first-order chi connectivity index (χ1) is 5.77. The maximum Gasteiger partial charge on any atom is 0.337 e. The Hall–Kier alpha value is -1.35. The fraction of sp³-hybridized carbons (Fsp3) is 0.222. The summed E-state index contributed by atoms with van der Waals surface area (Å²) in [6, 6.07) is 7.88. The van der Waals surface area contributed by atoms with E-state index in [2.05, 4.69) is 10.8 Å². The molecule has 1 rings (SSSR count). The summed E-state index contributed by atoms with van der Waals surface area (Å²) in [6.07, 6.45) is 0. The van der Waals surface area contributed by atoms with Gasteiger partial charge in [0, 0.05) is 6.54 Å². The Morgan fingerprint density at radius 2 is 2.50 bits per heavy atom. The van der Waals surface area contributed by atoms with Crippen molar-refractivity contribution in [2.45, 2.75) is 6.54 Å². The molecule has 0 heterocycles. The highest BCUT2D eigenvalue weighted by atomic mass is 16.5. The first-order valence-corrected chi connectivity index (χ1v) is 3.57. The number of carbonyl (C=O) groups excluding carboxylic acids is 1. The zero-order chi connectivity index (χ0) is 8.97. The number of hydrogen-bond donors (Lipinski definition) is 1. The summed E-state index contributed by atoms with van der Waals surface area (Å²) in [5, 5.41) is 0. The fourth-order valence-electron chi connectivity index (χ4n) is 0.879. The Kier molecular flexibility index (Phi) is 2.82. The number of hydrogen-bond acceptors (Lipinski definition) is 3. The smallest absolute Gasteiger partial charge is 0.337 e. The van der Waals surface area contributed by atoms with Gasteiger partial charge in [-0.2, -0.15) is 0 Å². The van der Waals surface area contributed by atoms with Crippen molar-refractivity contribution >= 4 is 5.97 Å². The SMILES string of the molecule is COC(=O)c1cc[c]c(CN)c1. The van der Waals surface area contributed by atoms with E-state index in [1.54, 1.807) is 18.2 Å². The third-order valence-corrected chi connectivity index (χ3v) is 1.50. The maximum atomic E-state index is 11.0. The molecular formula is C9H10NO2. The Balaban J connectivity index is 2.93. The van der Waals surface area contributed by atoms with E-state index in [1.807, 2.05) is 0 Å². The van der Waals surface area contributed by atoms with Gasteiger partial charge >= 0.3 is 5.97 Å². The van der Waals surface area contributed by atoms with Gasteiger partial charge in [0.1, 0.15) is 0 Å². The molecule has 0 saturated carbocycles. The molecule has 0 atom stereocenters. The van der Waals surface area contributed by atoms with Gasteiger partial charge in [0.15, 0.2) is 0 Å². The predicted octanol–water partition coefficient (Wildman–Crippen LogP) is 0.732. The molecular weight excluding hydrogens is 154 g/mol. The summed E-state index contributed by atoms with van der Waals surface area (Å²) in [5.74, 6) is -0.348. The van der Waals surface area contributed by atoms with E-state index < -0.39 is 0 Å². The van der Waals surface area contributed by atoms with Gasteiger partial charge in [-0.25, -0.2) is 4.79 Å². The molecule has 0 aliphatic rings. The van der Waals surface area contributed by atoms with E-state index in [1.165, 1.54) is 7.11 Å². The summed E-state index contributed by atoms with van der Waals surface area (Å²) in [4.78, 5) is 11.0. The summed E-state index contributed by atoms with van der Waals surface area (Å²) < 4.78 is 4.54. The van der Waals surface area contributed by atoms with Gasteiger partial charge in [0.2, 0.25) is 0 Å². The minimum Gasteiger partial charge on any atom is -0.465 e. The highest BCUT2D eigenvalue weighted by Crippen LogP contribution is 2.04. The van der Waals surface area contributed by atoms with Crippen LogP contribution in [0.2, 0.25) is 0 Å². The van der Waals surface area contributed by atoms with Crippen LogP contribution in [0.1, 0.15) is 15.9 Å². The minimum absolute atomic E-state index is 0.348. The average molecular weight is 164 g/mol. The summed E-state index contributed by atoms with van der Waals surface area (Å²) >= 11 is 0. The largest absolute Gasteiger partial charge is 0.465 e. The van der Waals surface area contributed by atoms with Crippen LogP contribution in [0.3, 0.4) is 0 Å². The molecule has 0 unspecified atom stereocenters. The molecule has 0 amide bonds. The third kappa shape index (κ3) is 1.83. The van der Waals surface area contributed by atoms with Gasteiger partial charge in [-0.3, -0.25) is 0 Å². The van der Waals surface area contributed by atoms with Crippen molar-refractivity contribution in [2.75, 3.05) is 7.11 Å². The molecule has 0 aliphatic carbocycles. The Bertz CT molecular complexity index is 284. The zero-order valence-electron chi connectivity index (χ0n) is 6.83. The molecule has 1 aromatic carbocycles. The zero-order valence-corrected chi connectivity index (χ0v) is 6.83. The van der Waals surface area contributed by atoms with E-state index >= 15 is 0 Å². The number of esters is 1. The van der Waals surface area contributed by atoms with E-state index in [0.717, 1.165) is 5.56 Å². The molecule has 3 heteroatoms. The van der Waals surface area contributed by atoms with Crippen LogP contribution >= 0.6 is 0 Å². The Labute approximate surface area is 71.1 Å². The molecule has 0 fully saturated rings. The Morgan fingerprint density at radius 3 is 3.08 bits per heavy atom. The standard InChI is InChI=1S/C9H10NO2/c1-12-9(11)8-4-2-3-7(5-8)6-10/h2,4-5H,6,10H2,1H3. The highest BCUT2D eigenvalue weighted by Gasteiger charge is 2.04. The Morgan fingerprint density at radius 1 is 1.75 bits per heavy atom. The van der Waals surface area contributed by atoms with Crippen LogP contribution in [0.4, 0.5) is 0 Å². The van der Waals surface area contributed by atoms with Crippen molar-refractivity contribution in [3.63, 3.8) is 0 Å². The molecule has 0 aliphatic heterocycles. The third-order valence-electron chi connectivity index (χ3n) is 1.50. The van der Waals surface area contributed by atoms with E-state index in [0.29, 0.717) is 12.1 Å². The molecule has 0 saturated heterocycles. The van der Waals surface area contributed by atoms with Gasteiger partial charge in [0.05, 0.1) is 12.7 Å². The van der Waals surface area contributed by atoms with Crippen molar-refractivity contribution in [1.29, 1.82) is 0 Å². The van der Waals surface area contributed by atoms with Gasteiger partial charge in [0.25, 0.3) is 0 Å². The second-order valence-electron chi connectivity index (χ2n) is 2.30. The monoisotopic (exact) mass is 164 g/mol. The van der Waals surface area contributed by atoms with Crippen LogP contribution in [0.25, 0.3) is 0 Å². The van der Waals surface area contributed by atoms with Crippen molar-refractivity contribution in [3.05, 3.63) is 35.4 Å². The molecule has 63 valence electrons. The number of ether oxygens (including phenoxy) is 1. The molecule has 2 N–H and O–H groups in total. The first kappa shape index (κ1) is 8.74. The molecule has 0 spiro atoms. The van der Waals surface area contributed by atoms with E-state index in [9.17, 15) is 4.79 Å². The van der Waals surface area contributed by atoms with Crippen molar-refractivity contribution in [1.82, 2.24) is 0 Å². The fourth-order valence-corrected chi connectivity index (χ4v) is 0.879. The van der Waals surface area contributed by atoms with E-state index in [-0.39, 0.29) is 5.97 Å². The van der Waals surface area contributed by atoms with Crippen LogP contribution in [0.15, 0.2) is 18.2 Å². The van der Waals surface area contributed by atoms with Crippen molar-refractivity contribution in [3.8, 4) is 0 Å². The van der Waals surface area contributed by atoms with Gasteiger partial charge in [-0.05, 0) is 23.8 Å². The normalized spacial score (nSPS) is 9.50. The van der Waals surface area contributed by atoms with Crippen LogP contribution < -0.4 is 5.73 Å². The molecule has 1 aromatic rings. The van der Waals surface area contributed by atoms with Crippen molar-refractivity contribution in [2.24, 2.45) is 5.73 Å². The van der Waals surface area contributed by atoms with Crippen LogP contribution in [-0.4, -0.2) is 13.1 Å². The topological polar surface area (TPSA) is 52.3 Å². The molecule has 12 heavy (non-hydrogen) atoms. The van der Waals surface area contributed by atoms with Crippen molar-refractivity contribution < 1.29 is 9.53 Å². The maximum absolute atomic E-state index is 11.0. The second kappa shape index (κ2) is 3.88. The van der Waals surface area contributed by atoms with Crippen LogP contribution in [-0.2, 0) is 11.3 Å².